The maximum absolute atomic E-state index is 12.3. The van der Waals surface area contributed by atoms with E-state index in [0.29, 0.717) is 23.9 Å². The third-order valence-electron chi connectivity index (χ3n) is 4.37. The van der Waals surface area contributed by atoms with E-state index in [1.165, 1.54) is 12.8 Å². The third-order valence-corrected chi connectivity index (χ3v) is 5.50. The molecule has 20 heavy (non-hydrogen) atoms. The Balaban J connectivity index is 1.94. The summed E-state index contributed by atoms with van der Waals surface area (Å²) in [5.41, 5.74) is 1.10. The average molecular weight is 293 g/mol. The summed E-state index contributed by atoms with van der Waals surface area (Å²) in [6, 6.07) is 9.98. The molecule has 1 aliphatic rings. The first-order chi connectivity index (χ1) is 9.56. The molecule has 0 saturated heterocycles. The van der Waals surface area contributed by atoms with Crippen LogP contribution in [0.25, 0.3) is 0 Å². The Morgan fingerprint density at radius 2 is 1.95 bits per heavy atom. The second-order valence-corrected chi connectivity index (χ2v) is 7.64. The summed E-state index contributed by atoms with van der Waals surface area (Å²) >= 11 is 0. The highest BCUT2D eigenvalue weighted by atomic mass is 31.1. The number of hydrogen-bond donors (Lipinski definition) is 0. The monoisotopic (exact) mass is 293 g/mol. The number of rotatable bonds is 5. The van der Waals surface area contributed by atoms with Gasteiger partial charge in [-0.2, -0.15) is 0 Å². The fraction of sp³-hybridized carbons (Fsp3) is 0.647. The van der Waals surface area contributed by atoms with Gasteiger partial charge in [0.1, 0.15) is 6.10 Å². The minimum atomic E-state index is -1.60. The van der Waals surface area contributed by atoms with Crippen LogP contribution in [0.2, 0.25) is 0 Å². The first-order valence-electron chi connectivity index (χ1n) is 7.71. The molecule has 1 unspecified atom stereocenters. The van der Waals surface area contributed by atoms with Crippen LogP contribution in [-0.2, 0) is 15.3 Å². The lowest BCUT2D eigenvalue weighted by Gasteiger charge is -2.33. The predicted octanol–water partition coefficient (Wildman–Crippen LogP) is 5.41. The van der Waals surface area contributed by atoms with E-state index >= 15 is 0 Å². The normalized spacial score (nSPS) is 27.6. The van der Waals surface area contributed by atoms with Crippen LogP contribution in [-0.4, -0.2) is 6.10 Å². The molecule has 1 aromatic rings. The molecule has 0 aromatic heterocycles. The molecule has 0 amide bonds. The Labute approximate surface area is 123 Å². The van der Waals surface area contributed by atoms with Crippen molar-refractivity contribution in [2.24, 2.45) is 17.8 Å². The van der Waals surface area contributed by atoms with Crippen LogP contribution in [0.4, 0.5) is 0 Å². The highest BCUT2D eigenvalue weighted by Gasteiger charge is 2.37. The number of benzene rings is 1. The zero-order valence-electron chi connectivity index (χ0n) is 12.8. The largest absolute Gasteiger partial charge is 0.513 e. The summed E-state index contributed by atoms with van der Waals surface area (Å²) in [6.45, 7) is 6.78. The Morgan fingerprint density at radius 1 is 1.25 bits per heavy atom. The van der Waals surface area contributed by atoms with E-state index < -0.39 is 8.03 Å². The Morgan fingerprint density at radius 3 is 2.60 bits per heavy atom. The van der Waals surface area contributed by atoms with Crippen molar-refractivity contribution >= 4 is 8.03 Å². The lowest BCUT2D eigenvalue weighted by Crippen LogP contribution is -2.32. The summed E-state index contributed by atoms with van der Waals surface area (Å²) in [4.78, 5) is 0. The average Bonchev–Trinajstić information content (AvgIpc) is 2.39. The predicted molar refractivity (Wildman–Crippen MR) is 84.0 cm³/mol. The molecule has 0 spiro atoms. The molecule has 0 heterocycles. The van der Waals surface area contributed by atoms with Crippen LogP contribution in [0.15, 0.2) is 30.3 Å². The summed E-state index contributed by atoms with van der Waals surface area (Å²) in [5.74, 6) is 1.85. The molecule has 0 bridgehead atoms. The SMILES string of the molecule is CC(C)[C@@H]1CC[C@@H](C)C[C@H]1O[P+](=O)Cc1ccccc1. The van der Waals surface area contributed by atoms with E-state index in [9.17, 15) is 4.57 Å². The van der Waals surface area contributed by atoms with Gasteiger partial charge in [0.2, 0.25) is 6.16 Å². The van der Waals surface area contributed by atoms with Crippen molar-refractivity contribution in [2.75, 3.05) is 0 Å². The molecular formula is C17H26O2P+. The van der Waals surface area contributed by atoms with Gasteiger partial charge in [-0.1, -0.05) is 57.5 Å². The Hall–Kier alpha value is -0.720. The molecule has 110 valence electrons. The zero-order valence-corrected chi connectivity index (χ0v) is 13.7. The van der Waals surface area contributed by atoms with Crippen molar-refractivity contribution < 1.29 is 9.09 Å². The summed E-state index contributed by atoms with van der Waals surface area (Å²) in [5, 5.41) is 0. The van der Waals surface area contributed by atoms with Gasteiger partial charge in [-0.25, -0.2) is 0 Å². The molecule has 1 fully saturated rings. The minimum absolute atomic E-state index is 0.172. The first-order valence-corrected chi connectivity index (χ1v) is 9.08. The molecule has 0 radical (unpaired) electrons. The highest BCUT2D eigenvalue weighted by Crippen LogP contribution is 2.41. The van der Waals surface area contributed by atoms with Gasteiger partial charge in [0.15, 0.2) is 0 Å². The summed E-state index contributed by atoms with van der Waals surface area (Å²) in [7, 11) is -1.60. The van der Waals surface area contributed by atoms with Gasteiger partial charge in [-0.3, -0.25) is 0 Å². The van der Waals surface area contributed by atoms with Gasteiger partial charge < -0.3 is 0 Å². The molecule has 3 heteroatoms. The highest BCUT2D eigenvalue weighted by molar-refractivity contribution is 7.38. The lowest BCUT2D eigenvalue weighted by molar-refractivity contribution is 0.0522. The molecule has 1 aliphatic carbocycles. The van der Waals surface area contributed by atoms with Crippen molar-refractivity contribution in [1.29, 1.82) is 0 Å². The van der Waals surface area contributed by atoms with Crippen LogP contribution >= 0.6 is 8.03 Å². The van der Waals surface area contributed by atoms with Gasteiger partial charge in [-0.05, 0) is 35.2 Å². The standard InChI is InChI=1S/C17H26O2P/c1-13(2)16-10-9-14(3)11-17(16)19-20(18)12-15-7-5-4-6-8-15/h4-8,13-14,16-17H,9-12H2,1-3H3/q+1/t14-,16+,17-/m1/s1. The smallest absolute Gasteiger partial charge is 0.142 e. The molecule has 2 nitrogen and oxygen atoms in total. The molecule has 1 saturated carbocycles. The zero-order chi connectivity index (χ0) is 14.5. The van der Waals surface area contributed by atoms with Crippen LogP contribution in [0.5, 0.6) is 0 Å². The van der Waals surface area contributed by atoms with Gasteiger partial charge in [0, 0.05) is 5.56 Å². The molecule has 2 rings (SSSR count). The second kappa shape index (κ2) is 7.33. The van der Waals surface area contributed by atoms with Gasteiger partial charge >= 0.3 is 8.03 Å². The molecule has 0 aliphatic heterocycles. The van der Waals surface area contributed by atoms with Crippen LogP contribution in [0, 0.1) is 17.8 Å². The Bertz CT molecular complexity index is 430. The van der Waals surface area contributed by atoms with Crippen molar-refractivity contribution in [3.05, 3.63) is 35.9 Å². The second-order valence-electron chi connectivity index (χ2n) is 6.45. The first kappa shape index (κ1) is 15.7. The fourth-order valence-corrected chi connectivity index (χ4v) is 4.28. The third kappa shape index (κ3) is 4.40. The van der Waals surface area contributed by atoms with E-state index in [2.05, 4.69) is 20.8 Å². The molecule has 4 atom stereocenters. The van der Waals surface area contributed by atoms with Crippen molar-refractivity contribution in [2.45, 2.75) is 52.3 Å². The van der Waals surface area contributed by atoms with Gasteiger partial charge in [0.25, 0.3) is 0 Å². The van der Waals surface area contributed by atoms with Crippen LogP contribution in [0.3, 0.4) is 0 Å². The van der Waals surface area contributed by atoms with Crippen LogP contribution < -0.4 is 0 Å². The minimum Gasteiger partial charge on any atom is -0.142 e. The maximum Gasteiger partial charge on any atom is 0.513 e. The topological polar surface area (TPSA) is 26.3 Å². The van der Waals surface area contributed by atoms with E-state index in [4.69, 9.17) is 4.52 Å². The summed E-state index contributed by atoms with van der Waals surface area (Å²) in [6.07, 6.45) is 4.24. The molecule has 1 aromatic carbocycles. The maximum atomic E-state index is 12.3. The quantitative estimate of drug-likeness (QED) is 0.679. The number of hydrogen-bond acceptors (Lipinski definition) is 2. The molecule has 0 N–H and O–H groups in total. The van der Waals surface area contributed by atoms with Crippen molar-refractivity contribution in [1.82, 2.24) is 0 Å². The van der Waals surface area contributed by atoms with Crippen molar-refractivity contribution in [3.63, 3.8) is 0 Å². The van der Waals surface area contributed by atoms with Gasteiger partial charge in [0.05, 0.1) is 0 Å². The van der Waals surface area contributed by atoms with Gasteiger partial charge in [-0.15, -0.1) is 4.52 Å². The fourth-order valence-electron chi connectivity index (χ4n) is 3.16. The Kier molecular flexibility index (Phi) is 5.74. The van der Waals surface area contributed by atoms with E-state index in [1.54, 1.807) is 0 Å². The summed E-state index contributed by atoms with van der Waals surface area (Å²) < 4.78 is 18.2. The molecular weight excluding hydrogens is 267 g/mol. The van der Waals surface area contributed by atoms with Crippen LogP contribution in [0.1, 0.15) is 45.6 Å². The van der Waals surface area contributed by atoms with E-state index in [-0.39, 0.29) is 6.10 Å². The van der Waals surface area contributed by atoms with E-state index in [1.807, 2.05) is 30.3 Å². The van der Waals surface area contributed by atoms with E-state index in [0.717, 1.165) is 12.0 Å². The van der Waals surface area contributed by atoms with Crippen molar-refractivity contribution in [3.8, 4) is 0 Å². The lowest BCUT2D eigenvalue weighted by atomic mass is 9.75.